The van der Waals surface area contributed by atoms with Crippen LogP contribution >= 0.6 is 22.6 Å². The summed E-state index contributed by atoms with van der Waals surface area (Å²) >= 11 is 2.22. The first-order valence-electron chi connectivity index (χ1n) is 3.79. The fourth-order valence-corrected chi connectivity index (χ4v) is 1.50. The first kappa shape index (κ1) is 10.5. The summed E-state index contributed by atoms with van der Waals surface area (Å²) < 4.78 is 6.21. The third-order valence-corrected chi connectivity index (χ3v) is 2.07. The van der Waals surface area contributed by atoms with Crippen molar-refractivity contribution in [3.8, 4) is 0 Å². The van der Waals surface area contributed by atoms with Gasteiger partial charge >= 0.3 is 0 Å². The van der Waals surface area contributed by atoms with E-state index in [1.54, 1.807) is 0 Å². The summed E-state index contributed by atoms with van der Waals surface area (Å²) in [6, 6.07) is 7.90. The van der Waals surface area contributed by atoms with Crippen molar-refractivity contribution in [3.63, 3.8) is 0 Å². The molecule has 1 rings (SSSR count). The lowest BCUT2D eigenvalue weighted by molar-refractivity contribution is -0.122. The third-order valence-electron chi connectivity index (χ3n) is 1.40. The van der Waals surface area contributed by atoms with Gasteiger partial charge in [0, 0.05) is 3.57 Å². The first-order valence-corrected chi connectivity index (χ1v) is 4.87. The van der Waals surface area contributed by atoms with Gasteiger partial charge in [-0.15, -0.1) is 0 Å². The smallest absolute Gasteiger partial charge is 0.243 e. The second-order valence-electron chi connectivity index (χ2n) is 2.59. The maximum Gasteiger partial charge on any atom is 0.243 e. The van der Waals surface area contributed by atoms with E-state index in [0.717, 1.165) is 9.13 Å². The highest BCUT2D eigenvalue weighted by Crippen LogP contribution is 2.08. The van der Waals surface area contributed by atoms with Crippen LogP contribution in [0.1, 0.15) is 5.56 Å². The van der Waals surface area contributed by atoms with Gasteiger partial charge in [0.05, 0.1) is 6.61 Å². The van der Waals surface area contributed by atoms with Gasteiger partial charge < -0.3 is 10.5 Å². The lowest BCUT2D eigenvalue weighted by atomic mass is 10.2. The molecule has 0 heterocycles. The van der Waals surface area contributed by atoms with Crippen molar-refractivity contribution in [2.45, 2.75) is 6.61 Å². The van der Waals surface area contributed by atoms with E-state index in [9.17, 15) is 4.79 Å². The van der Waals surface area contributed by atoms with Crippen molar-refractivity contribution < 1.29 is 9.53 Å². The largest absolute Gasteiger partial charge is 0.368 e. The maximum absolute atomic E-state index is 10.4. The molecule has 0 aliphatic heterocycles. The van der Waals surface area contributed by atoms with Gasteiger partial charge in [-0.1, -0.05) is 12.1 Å². The monoisotopic (exact) mass is 291 g/mol. The molecule has 13 heavy (non-hydrogen) atoms. The molecule has 0 atom stereocenters. The van der Waals surface area contributed by atoms with Crippen LogP contribution in [0.5, 0.6) is 0 Å². The lowest BCUT2D eigenvalue weighted by Gasteiger charge is -2.01. The highest BCUT2D eigenvalue weighted by molar-refractivity contribution is 14.1. The number of primary amides is 1. The number of ether oxygens (including phenoxy) is 1. The second-order valence-corrected chi connectivity index (χ2v) is 3.83. The fraction of sp³-hybridized carbons (Fsp3) is 0.222. The number of halogens is 1. The van der Waals surface area contributed by atoms with E-state index < -0.39 is 5.91 Å². The Kier molecular flexibility index (Phi) is 4.17. The molecule has 0 saturated heterocycles. The van der Waals surface area contributed by atoms with Crippen LogP contribution in [-0.4, -0.2) is 12.5 Å². The number of rotatable bonds is 4. The molecule has 0 bridgehead atoms. The fourth-order valence-electron chi connectivity index (χ4n) is 0.896. The van der Waals surface area contributed by atoms with Gasteiger partial charge in [-0.25, -0.2) is 0 Å². The molecule has 3 nitrogen and oxygen atoms in total. The van der Waals surface area contributed by atoms with Crippen LogP contribution in [0.4, 0.5) is 0 Å². The van der Waals surface area contributed by atoms with Gasteiger partial charge in [0.1, 0.15) is 6.61 Å². The van der Waals surface area contributed by atoms with E-state index in [-0.39, 0.29) is 6.61 Å². The second kappa shape index (κ2) is 5.18. The average molecular weight is 291 g/mol. The van der Waals surface area contributed by atoms with E-state index in [2.05, 4.69) is 22.6 Å². The molecule has 1 amide bonds. The zero-order valence-corrected chi connectivity index (χ0v) is 9.15. The molecule has 0 aliphatic carbocycles. The minimum absolute atomic E-state index is 0.0223. The van der Waals surface area contributed by atoms with Crippen molar-refractivity contribution in [1.82, 2.24) is 0 Å². The molecule has 0 aliphatic rings. The van der Waals surface area contributed by atoms with Crippen molar-refractivity contribution >= 4 is 28.5 Å². The normalized spacial score (nSPS) is 9.92. The van der Waals surface area contributed by atoms with Crippen molar-refractivity contribution in [3.05, 3.63) is 33.4 Å². The number of amides is 1. The Bertz CT molecular complexity index is 301. The summed E-state index contributed by atoms with van der Waals surface area (Å²) in [5.41, 5.74) is 5.97. The Labute approximate surface area is 90.4 Å². The molecule has 0 saturated carbocycles. The van der Waals surface area contributed by atoms with Crippen LogP contribution in [0.3, 0.4) is 0 Å². The van der Waals surface area contributed by atoms with Gasteiger partial charge in [-0.3, -0.25) is 4.79 Å². The average Bonchev–Trinajstić information content (AvgIpc) is 2.03. The molecule has 1 aromatic carbocycles. The number of hydrogen-bond acceptors (Lipinski definition) is 2. The van der Waals surface area contributed by atoms with Crippen LogP contribution in [0.15, 0.2) is 24.3 Å². The van der Waals surface area contributed by atoms with Gasteiger partial charge in [0.25, 0.3) is 0 Å². The minimum Gasteiger partial charge on any atom is -0.368 e. The van der Waals surface area contributed by atoms with E-state index in [0.29, 0.717) is 6.61 Å². The number of carbonyl (C=O) groups excluding carboxylic acids is 1. The van der Waals surface area contributed by atoms with E-state index in [1.165, 1.54) is 0 Å². The standard InChI is InChI=1S/C9H10INO2/c10-8-3-1-2-7(4-8)5-13-6-9(11)12/h1-4H,5-6H2,(H2,11,12). The molecular formula is C9H10INO2. The predicted molar refractivity (Wildman–Crippen MR) is 58.0 cm³/mol. The van der Waals surface area contributed by atoms with E-state index >= 15 is 0 Å². The molecule has 0 radical (unpaired) electrons. The zero-order chi connectivity index (χ0) is 9.68. The molecule has 0 fully saturated rings. The van der Waals surface area contributed by atoms with Crippen LogP contribution in [0.25, 0.3) is 0 Å². The Hall–Kier alpha value is -0.620. The first-order chi connectivity index (χ1) is 6.18. The molecule has 2 N–H and O–H groups in total. The Balaban J connectivity index is 2.41. The Morgan fingerprint density at radius 3 is 2.92 bits per heavy atom. The van der Waals surface area contributed by atoms with Crippen molar-refractivity contribution in [1.29, 1.82) is 0 Å². The third kappa shape index (κ3) is 4.23. The topological polar surface area (TPSA) is 52.3 Å². The van der Waals surface area contributed by atoms with Gasteiger partial charge in [0.2, 0.25) is 5.91 Å². The number of benzene rings is 1. The highest BCUT2D eigenvalue weighted by atomic mass is 127. The van der Waals surface area contributed by atoms with Gasteiger partial charge in [0.15, 0.2) is 0 Å². The minimum atomic E-state index is -0.439. The molecule has 0 aromatic heterocycles. The van der Waals surface area contributed by atoms with Gasteiger partial charge in [-0.05, 0) is 40.3 Å². The molecule has 4 heteroatoms. The van der Waals surface area contributed by atoms with Crippen LogP contribution in [0, 0.1) is 3.57 Å². The quantitative estimate of drug-likeness (QED) is 0.850. The van der Waals surface area contributed by atoms with Crippen molar-refractivity contribution in [2.24, 2.45) is 5.73 Å². The molecule has 70 valence electrons. The molecular weight excluding hydrogens is 281 g/mol. The lowest BCUT2D eigenvalue weighted by Crippen LogP contribution is -2.17. The van der Waals surface area contributed by atoms with Crippen LogP contribution in [-0.2, 0) is 16.1 Å². The summed E-state index contributed by atoms with van der Waals surface area (Å²) in [4.78, 5) is 10.4. The number of hydrogen-bond donors (Lipinski definition) is 1. The van der Waals surface area contributed by atoms with E-state index in [1.807, 2.05) is 24.3 Å². The van der Waals surface area contributed by atoms with Crippen LogP contribution in [0.2, 0.25) is 0 Å². The van der Waals surface area contributed by atoms with E-state index in [4.69, 9.17) is 10.5 Å². The Morgan fingerprint density at radius 2 is 2.31 bits per heavy atom. The predicted octanol–water partition coefficient (Wildman–Crippen LogP) is 1.29. The molecule has 0 spiro atoms. The van der Waals surface area contributed by atoms with Gasteiger partial charge in [-0.2, -0.15) is 0 Å². The Morgan fingerprint density at radius 1 is 1.54 bits per heavy atom. The summed E-state index contributed by atoms with van der Waals surface area (Å²) in [6.45, 7) is 0.408. The summed E-state index contributed by atoms with van der Waals surface area (Å²) in [5.74, 6) is -0.439. The molecule has 0 unspecified atom stereocenters. The number of nitrogens with two attached hydrogens (primary N) is 1. The maximum atomic E-state index is 10.4. The number of carbonyl (C=O) groups is 1. The van der Waals surface area contributed by atoms with Crippen molar-refractivity contribution in [2.75, 3.05) is 6.61 Å². The summed E-state index contributed by atoms with van der Waals surface area (Å²) in [5, 5.41) is 0. The SMILES string of the molecule is NC(=O)COCc1cccc(I)c1. The van der Waals surface area contributed by atoms with Crippen LogP contribution < -0.4 is 5.73 Å². The molecule has 1 aromatic rings. The summed E-state index contributed by atoms with van der Waals surface area (Å²) in [7, 11) is 0. The highest BCUT2D eigenvalue weighted by Gasteiger charge is 1.96. The summed E-state index contributed by atoms with van der Waals surface area (Å²) in [6.07, 6.45) is 0. The zero-order valence-electron chi connectivity index (χ0n) is 7.00.